The normalized spacial score (nSPS) is 10.2. The molecule has 52 valence electrons. The molecule has 0 N–H and O–H groups in total. The molecule has 0 aromatic carbocycles. The fraction of sp³-hybridized carbons (Fsp3) is 0.857. The van der Waals surface area contributed by atoms with Crippen LogP contribution in [0.1, 0.15) is 20.3 Å². The Morgan fingerprint density at radius 2 is 2.11 bits per heavy atom. The van der Waals surface area contributed by atoms with Gasteiger partial charge in [0.05, 0.1) is 6.07 Å². The molecule has 0 rings (SSSR count). The van der Waals surface area contributed by atoms with E-state index in [1.165, 1.54) is 0 Å². The van der Waals surface area contributed by atoms with Gasteiger partial charge in [-0.25, -0.2) is 0 Å². The predicted octanol–water partition coefficient (Wildman–Crippen LogP) is 1.24. The number of hydrogen-bond acceptors (Lipinski definition) is 2. The highest BCUT2D eigenvalue weighted by molar-refractivity contribution is 4.71. The second-order valence-electron chi connectivity index (χ2n) is 2.48. The second-order valence-corrected chi connectivity index (χ2v) is 2.48. The minimum atomic E-state index is 0.554. The lowest BCUT2D eigenvalue weighted by Crippen LogP contribution is -2.26. The minimum absolute atomic E-state index is 0.554. The van der Waals surface area contributed by atoms with Crippen molar-refractivity contribution in [1.82, 2.24) is 4.90 Å². The first-order valence-corrected chi connectivity index (χ1v) is 3.25. The average molecular weight is 126 g/mol. The van der Waals surface area contributed by atoms with Crippen LogP contribution in [0.2, 0.25) is 0 Å². The van der Waals surface area contributed by atoms with Crippen molar-refractivity contribution in [2.45, 2.75) is 26.3 Å². The summed E-state index contributed by atoms with van der Waals surface area (Å²) >= 11 is 0. The summed E-state index contributed by atoms with van der Waals surface area (Å²) in [5.41, 5.74) is 0. The van der Waals surface area contributed by atoms with Gasteiger partial charge in [0.2, 0.25) is 0 Å². The van der Waals surface area contributed by atoms with E-state index < -0.39 is 0 Å². The van der Waals surface area contributed by atoms with Crippen molar-refractivity contribution in [2.24, 2.45) is 0 Å². The zero-order chi connectivity index (χ0) is 7.28. The third-order valence-electron chi connectivity index (χ3n) is 1.46. The highest BCUT2D eigenvalue weighted by atomic mass is 15.1. The maximum Gasteiger partial charge on any atom is 0.0635 e. The van der Waals surface area contributed by atoms with Gasteiger partial charge in [-0.1, -0.05) is 0 Å². The van der Waals surface area contributed by atoms with E-state index in [1.54, 1.807) is 0 Å². The van der Waals surface area contributed by atoms with Gasteiger partial charge in [-0.2, -0.15) is 5.26 Å². The van der Waals surface area contributed by atoms with Gasteiger partial charge in [0.15, 0.2) is 0 Å². The van der Waals surface area contributed by atoms with Crippen LogP contribution in [0.5, 0.6) is 0 Å². The molecule has 0 unspecified atom stereocenters. The molecular weight excluding hydrogens is 112 g/mol. The van der Waals surface area contributed by atoms with Gasteiger partial charge in [0, 0.05) is 19.0 Å². The summed E-state index contributed by atoms with van der Waals surface area (Å²) in [4.78, 5) is 2.16. The Bertz CT molecular complexity index is 102. The van der Waals surface area contributed by atoms with E-state index in [2.05, 4.69) is 24.8 Å². The lowest BCUT2D eigenvalue weighted by molar-refractivity contribution is 0.280. The lowest BCUT2D eigenvalue weighted by atomic mass is 10.3. The predicted molar refractivity (Wildman–Crippen MR) is 38.0 cm³/mol. The quantitative estimate of drug-likeness (QED) is 0.569. The first-order valence-electron chi connectivity index (χ1n) is 3.25. The molecule has 0 radical (unpaired) electrons. The van der Waals surface area contributed by atoms with E-state index >= 15 is 0 Å². The molecule has 0 aliphatic carbocycles. The summed E-state index contributed by atoms with van der Waals surface area (Å²) in [6.45, 7) is 5.13. The molecule has 0 aliphatic rings. The van der Waals surface area contributed by atoms with Crippen LogP contribution in [0.15, 0.2) is 0 Å². The van der Waals surface area contributed by atoms with E-state index in [0.29, 0.717) is 12.5 Å². The van der Waals surface area contributed by atoms with Crippen LogP contribution in [-0.4, -0.2) is 24.5 Å². The zero-order valence-corrected chi connectivity index (χ0v) is 6.39. The summed E-state index contributed by atoms with van der Waals surface area (Å²) in [6.07, 6.45) is 0.634. The highest BCUT2D eigenvalue weighted by Gasteiger charge is 1.99. The second kappa shape index (κ2) is 4.34. The van der Waals surface area contributed by atoms with E-state index in [1.807, 2.05) is 7.05 Å². The van der Waals surface area contributed by atoms with Gasteiger partial charge in [0.25, 0.3) is 0 Å². The Hall–Kier alpha value is -0.550. The first kappa shape index (κ1) is 8.45. The van der Waals surface area contributed by atoms with Gasteiger partial charge in [-0.05, 0) is 20.9 Å². The summed E-state index contributed by atoms with van der Waals surface area (Å²) in [6, 6.07) is 2.67. The average Bonchev–Trinajstić information content (AvgIpc) is 1.82. The van der Waals surface area contributed by atoms with Crippen molar-refractivity contribution in [3.05, 3.63) is 0 Å². The summed E-state index contributed by atoms with van der Waals surface area (Å²) < 4.78 is 0. The van der Waals surface area contributed by atoms with Gasteiger partial charge in [-0.15, -0.1) is 0 Å². The molecule has 0 saturated carbocycles. The molecule has 0 aliphatic heterocycles. The maximum atomic E-state index is 8.22. The van der Waals surface area contributed by atoms with Crippen molar-refractivity contribution in [3.8, 4) is 6.07 Å². The van der Waals surface area contributed by atoms with Crippen LogP contribution < -0.4 is 0 Å². The van der Waals surface area contributed by atoms with Crippen molar-refractivity contribution < 1.29 is 0 Å². The van der Waals surface area contributed by atoms with Crippen LogP contribution in [0, 0.1) is 11.3 Å². The monoisotopic (exact) mass is 126 g/mol. The fourth-order valence-corrected chi connectivity index (χ4v) is 0.485. The molecule has 0 aromatic rings. The maximum absolute atomic E-state index is 8.22. The van der Waals surface area contributed by atoms with Crippen LogP contribution in [0.4, 0.5) is 0 Å². The molecule has 2 nitrogen and oxygen atoms in total. The molecular formula is C7H14N2. The summed E-state index contributed by atoms with van der Waals surface area (Å²) in [5.74, 6) is 0. The number of nitrogens with zero attached hydrogens (tertiary/aromatic N) is 2. The smallest absolute Gasteiger partial charge is 0.0635 e. The van der Waals surface area contributed by atoms with Crippen LogP contribution in [0.25, 0.3) is 0 Å². The van der Waals surface area contributed by atoms with Crippen molar-refractivity contribution >= 4 is 0 Å². The zero-order valence-electron chi connectivity index (χ0n) is 6.39. The fourth-order valence-electron chi connectivity index (χ4n) is 0.485. The van der Waals surface area contributed by atoms with E-state index in [4.69, 9.17) is 5.26 Å². The molecule has 0 aromatic heterocycles. The highest BCUT2D eigenvalue weighted by Crippen LogP contribution is 1.93. The van der Waals surface area contributed by atoms with E-state index in [9.17, 15) is 0 Å². The Morgan fingerprint density at radius 1 is 1.56 bits per heavy atom. The number of rotatable bonds is 3. The van der Waals surface area contributed by atoms with Crippen LogP contribution in [0.3, 0.4) is 0 Å². The van der Waals surface area contributed by atoms with Gasteiger partial charge in [0.1, 0.15) is 0 Å². The van der Waals surface area contributed by atoms with Crippen molar-refractivity contribution in [3.63, 3.8) is 0 Å². The SMILES string of the molecule is CC(C)N(C)CCC#N. The van der Waals surface area contributed by atoms with E-state index in [-0.39, 0.29) is 0 Å². The molecule has 0 fully saturated rings. The molecule has 0 atom stereocenters. The Labute approximate surface area is 57.1 Å². The largest absolute Gasteiger partial charge is 0.303 e. The standard InChI is InChI=1S/C7H14N2/c1-7(2)9(3)6-4-5-8/h7H,4,6H2,1-3H3. The minimum Gasteiger partial charge on any atom is -0.303 e. The molecule has 0 bridgehead atoms. The van der Waals surface area contributed by atoms with E-state index in [0.717, 1.165) is 6.54 Å². The van der Waals surface area contributed by atoms with Gasteiger partial charge in [-0.3, -0.25) is 0 Å². The van der Waals surface area contributed by atoms with Crippen molar-refractivity contribution in [1.29, 1.82) is 5.26 Å². The Balaban J connectivity index is 3.29. The molecule has 0 heterocycles. The molecule has 2 heteroatoms. The molecule has 0 saturated heterocycles. The van der Waals surface area contributed by atoms with Crippen LogP contribution >= 0.6 is 0 Å². The summed E-state index contributed by atoms with van der Waals surface area (Å²) in [5, 5.41) is 8.22. The van der Waals surface area contributed by atoms with Crippen LogP contribution in [-0.2, 0) is 0 Å². The van der Waals surface area contributed by atoms with Gasteiger partial charge < -0.3 is 4.90 Å². The first-order chi connectivity index (χ1) is 4.18. The number of hydrogen-bond donors (Lipinski definition) is 0. The third kappa shape index (κ3) is 3.99. The number of nitriles is 1. The van der Waals surface area contributed by atoms with Crippen molar-refractivity contribution in [2.75, 3.05) is 13.6 Å². The topological polar surface area (TPSA) is 27.0 Å². The molecule has 0 spiro atoms. The molecule has 9 heavy (non-hydrogen) atoms. The third-order valence-corrected chi connectivity index (χ3v) is 1.46. The Morgan fingerprint density at radius 3 is 2.44 bits per heavy atom. The lowest BCUT2D eigenvalue weighted by Gasteiger charge is -2.18. The molecule has 0 amide bonds. The van der Waals surface area contributed by atoms with Gasteiger partial charge >= 0.3 is 0 Å². The summed E-state index contributed by atoms with van der Waals surface area (Å²) in [7, 11) is 2.03. The Kier molecular flexibility index (Phi) is 4.08.